The first-order valence-corrected chi connectivity index (χ1v) is 6.02. The highest BCUT2D eigenvalue weighted by molar-refractivity contribution is 5.88. The van der Waals surface area contributed by atoms with Gasteiger partial charge in [0.15, 0.2) is 11.4 Å². The second-order valence-corrected chi connectivity index (χ2v) is 4.04. The predicted molar refractivity (Wildman–Crippen MR) is 69.5 cm³/mol. The maximum Gasteiger partial charge on any atom is 0.345 e. The topological polar surface area (TPSA) is 89.6 Å². The number of aromatic nitrogens is 3. The third kappa shape index (κ3) is 1.89. The first-order chi connectivity index (χ1) is 9.70. The van der Waals surface area contributed by atoms with Gasteiger partial charge in [0, 0.05) is 12.3 Å². The molecule has 7 heteroatoms. The van der Waals surface area contributed by atoms with Crippen molar-refractivity contribution < 1.29 is 13.9 Å². The Labute approximate surface area is 112 Å². The van der Waals surface area contributed by atoms with Gasteiger partial charge in [-0.2, -0.15) is 0 Å². The third-order valence-electron chi connectivity index (χ3n) is 2.78. The lowest BCUT2D eigenvalue weighted by Crippen LogP contribution is -2.24. The molecule has 3 aromatic heterocycles. The molecule has 3 rings (SSSR count). The molecule has 0 aliphatic heterocycles. The van der Waals surface area contributed by atoms with Gasteiger partial charge in [-0.3, -0.25) is 9.89 Å². The van der Waals surface area contributed by atoms with E-state index in [1.54, 1.807) is 25.1 Å². The van der Waals surface area contributed by atoms with E-state index in [9.17, 15) is 9.59 Å². The second kappa shape index (κ2) is 4.69. The lowest BCUT2D eigenvalue weighted by atomic mass is 10.3. The number of carbonyl (C=O) groups excluding carboxylic acids is 1. The number of rotatable bonds is 3. The quantitative estimate of drug-likeness (QED) is 0.730. The summed E-state index contributed by atoms with van der Waals surface area (Å²) in [5.74, 6) is -0.110. The van der Waals surface area contributed by atoms with E-state index in [1.165, 1.54) is 17.0 Å². The van der Waals surface area contributed by atoms with E-state index in [0.717, 1.165) is 0 Å². The molecule has 0 saturated carbocycles. The number of H-pyrrole nitrogens is 1. The van der Waals surface area contributed by atoms with E-state index in [0.29, 0.717) is 17.1 Å². The van der Waals surface area contributed by atoms with Crippen molar-refractivity contribution in [2.75, 3.05) is 6.61 Å². The first kappa shape index (κ1) is 12.2. The normalized spacial score (nSPS) is 10.8. The van der Waals surface area contributed by atoms with E-state index in [2.05, 4.69) is 10.1 Å². The molecule has 0 spiro atoms. The average molecular weight is 273 g/mol. The summed E-state index contributed by atoms with van der Waals surface area (Å²) in [4.78, 5) is 27.9. The van der Waals surface area contributed by atoms with Gasteiger partial charge in [0.25, 0.3) is 5.56 Å². The highest BCUT2D eigenvalue weighted by atomic mass is 16.5. The fraction of sp³-hybridized carbons (Fsp3) is 0.154. The van der Waals surface area contributed by atoms with E-state index >= 15 is 0 Å². The minimum absolute atomic E-state index is 0.114. The molecule has 7 nitrogen and oxygen atoms in total. The van der Waals surface area contributed by atoms with Crippen LogP contribution < -0.4 is 5.56 Å². The number of hydrogen-bond acceptors (Lipinski definition) is 5. The summed E-state index contributed by atoms with van der Waals surface area (Å²) in [6, 6.07) is 5.15. The summed E-state index contributed by atoms with van der Waals surface area (Å²) >= 11 is 0. The van der Waals surface area contributed by atoms with Crippen LogP contribution in [-0.2, 0) is 4.74 Å². The summed E-state index contributed by atoms with van der Waals surface area (Å²) in [7, 11) is 0. The highest BCUT2D eigenvalue weighted by Crippen LogP contribution is 2.18. The second-order valence-electron chi connectivity index (χ2n) is 4.04. The van der Waals surface area contributed by atoms with Crippen LogP contribution in [0.1, 0.15) is 17.3 Å². The van der Waals surface area contributed by atoms with Crippen molar-refractivity contribution in [1.29, 1.82) is 0 Å². The summed E-state index contributed by atoms with van der Waals surface area (Å²) in [6.45, 7) is 1.87. The lowest BCUT2D eigenvalue weighted by Gasteiger charge is -2.00. The monoisotopic (exact) mass is 273 g/mol. The van der Waals surface area contributed by atoms with Crippen molar-refractivity contribution in [3.05, 3.63) is 46.6 Å². The molecule has 3 aromatic rings. The summed E-state index contributed by atoms with van der Waals surface area (Å²) in [5.41, 5.74) is 0.374. The van der Waals surface area contributed by atoms with Crippen LogP contribution in [0.5, 0.6) is 0 Å². The van der Waals surface area contributed by atoms with Gasteiger partial charge in [-0.25, -0.2) is 14.3 Å². The molecular weight excluding hydrogens is 262 g/mol. The fourth-order valence-electron chi connectivity index (χ4n) is 1.87. The standard InChI is InChI=1S/C13H11N3O4/c1-2-19-13(18)8-7-14-11-6-9(10-4-3-5-20-10)15-16(11)12(8)17/h3-7,15H,2H2,1H3. The van der Waals surface area contributed by atoms with Gasteiger partial charge in [-0.15, -0.1) is 0 Å². The Bertz CT molecular complexity index is 814. The van der Waals surface area contributed by atoms with E-state index < -0.39 is 11.5 Å². The minimum Gasteiger partial charge on any atom is -0.463 e. The van der Waals surface area contributed by atoms with Crippen LogP contribution in [0, 0.1) is 0 Å². The molecule has 1 N–H and O–H groups in total. The van der Waals surface area contributed by atoms with Crippen LogP contribution in [0.15, 0.2) is 39.9 Å². The van der Waals surface area contributed by atoms with E-state index in [4.69, 9.17) is 9.15 Å². The maximum atomic E-state index is 12.2. The van der Waals surface area contributed by atoms with Gasteiger partial charge < -0.3 is 9.15 Å². The van der Waals surface area contributed by atoms with Gasteiger partial charge in [-0.05, 0) is 19.1 Å². The number of fused-ring (bicyclic) bond motifs is 1. The molecule has 0 aliphatic carbocycles. The summed E-state index contributed by atoms with van der Waals surface area (Å²) < 4.78 is 11.2. The van der Waals surface area contributed by atoms with Crippen LogP contribution in [0.3, 0.4) is 0 Å². The van der Waals surface area contributed by atoms with Crippen LogP contribution in [-0.4, -0.2) is 27.2 Å². The molecule has 20 heavy (non-hydrogen) atoms. The van der Waals surface area contributed by atoms with Crippen LogP contribution in [0.2, 0.25) is 0 Å². The van der Waals surface area contributed by atoms with Crippen molar-refractivity contribution in [3.63, 3.8) is 0 Å². The number of ether oxygens (including phenoxy) is 1. The smallest absolute Gasteiger partial charge is 0.345 e. The zero-order chi connectivity index (χ0) is 14.1. The van der Waals surface area contributed by atoms with Gasteiger partial charge in [0.2, 0.25) is 0 Å². The number of carbonyl (C=O) groups is 1. The number of aromatic amines is 1. The van der Waals surface area contributed by atoms with Crippen molar-refractivity contribution in [2.45, 2.75) is 6.92 Å². The molecule has 0 atom stereocenters. The Morgan fingerprint density at radius 1 is 1.55 bits per heavy atom. The predicted octanol–water partition coefficient (Wildman–Crippen LogP) is 1.46. The Hall–Kier alpha value is -2.83. The molecule has 102 valence electrons. The largest absolute Gasteiger partial charge is 0.463 e. The Kier molecular flexibility index (Phi) is 2.86. The number of furan rings is 1. The number of esters is 1. The number of nitrogens with one attached hydrogen (secondary N) is 1. The van der Waals surface area contributed by atoms with Crippen LogP contribution in [0.25, 0.3) is 17.1 Å². The molecule has 0 aromatic carbocycles. The summed E-state index contributed by atoms with van der Waals surface area (Å²) in [5, 5.41) is 2.84. The molecule has 0 radical (unpaired) electrons. The van der Waals surface area contributed by atoms with E-state index in [1.807, 2.05) is 0 Å². The van der Waals surface area contributed by atoms with Gasteiger partial charge >= 0.3 is 5.97 Å². The molecular formula is C13H11N3O4. The summed E-state index contributed by atoms with van der Waals surface area (Å²) in [6.07, 6.45) is 2.75. The molecule has 0 bridgehead atoms. The molecule has 3 heterocycles. The fourth-order valence-corrected chi connectivity index (χ4v) is 1.87. The van der Waals surface area contributed by atoms with Gasteiger partial charge in [0.1, 0.15) is 11.3 Å². The highest BCUT2D eigenvalue weighted by Gasteiger charge is 2.16. The zero-order valence-electron chi connectivity index (χ0n) is 10.6. The number of hydrogen-bond donors (Lipinski definition) is 1. The Balaban J connectivity index is 2.14. The molecule has 0 aliphatic rings. The van der Waals surface area contributed by atoms with Crippen molar-refractivity contribution in [2.24, 2.45) is 0 Å². The molecule has 0 unspecified atom stereocenters. The van der Waals surface area contributed by atoms with E-state index in [-0.39, 0.29) is 12.2 Å². The molecule has 0 fully saturated rings. The minimum atomic E-state index is -0.687. The van der Waals surface area contributed by atoms with Crippen LogP contribution in [0.4, 0.5) is 0 Å². The van der Waals surface area contributed by atoms with Crippen molar-refractivity contribution >= 4 is 11.6 Å². The average Bonchev–Trinajstić information content (AvgIpc) is 3.08. The van der Waals surface area contributed by atoms with Gasteiger partial charge in [-0.1, -0.05) is 0 Å². The van der Waals surface area contributed by atoms with Crippen molar-refractivity contribution in [3.8, 4) is 11.5 Å². The van der Waals surface area contributed by atoms with Gasteiger partial charge in [0.05, 0.1) is 12.9 Å². The lowest BCUT2D eigenvalue weighted by molar-refractivity contribution is 0.0523. The maximum absolute atomic E-state index is 12.2. The van der Waals surface area contributed by atoms with Crippen molar-refractivity contribution in [1.82, 2.24) is 14.6 Å². The molecule has 0 saturated heterocycles. The Morgan fingerprint density at radius 3 is 3.10 bits per heavy atom. The first-order valence-electron chi connectivity index (χ1n) is 6.02. The third-order valence-corrected chi connectivity index (χ3v) is 2.78. The zero-order valence-corrected chi connectivity index (χ0v) is 10.6. The van der Waals surface area contributed by atoms with Crippen LogP contribution >= 0.6 is 0 Å². The number of nitrogens with zero attached hydrogens (tertiary/aromatic N) is 2. The SMILES string of the molecule is CCOC(=O)c1cnc2cc(-c3ccco3)[nH]n2c1=O. The Morgan fingerprint density at radius 2 is 2.40 bits per heavy atom. The molecule has 0 amide bonds.